The van der Waals surface area contributed by atoms with Crippen LogP contribution in [-0.4, -0.2) is 36.6 Å². The molecule has 0 aromatic carbocycles. The van der Waals surface area contributed by atoms with Crippen molar-refractivity contribution in [2.75, 3.05) is 19.6 Å². The van der Waals surface area contributed by atoms with Gasteiger partial charge in [-0.25, -0.2) is 0 Å². The molecule has 2 rings (SSSR count). The molecule has 1 N–H and O–H groups in total. The van der Waals surface area contributed by atoms with E-state index in [-0.39, 0.29) is 0 Å². The van der Waals surface area contributed by atoms with Gasteiger partial charge in [-0.15, -0.1) is 0 Å². The third-order valence-electron chi connectivity index (χ3n) is 4.70. The predicted octanol–water partition coefficient (Wildman–Crippen LogP) is 3.28. The average Bonchev–Trinajstić information content (AvgIpc) is 3.13. The number of hydrogen-bond donors (Lipinski definition) is 1. The molecule has 18 heavy (non-hydrogen) atoms. The maximum absolute atomic E-state index is 3.75. The van der Waals surface area contributed by atoms with E-state index in [0.29, 0.717) is 0 Å². The summed E-state index contributed by atoms with van der Waals surface area (Å²) in [5, 5.41) is 3.75. The second-order valence-electron chi connectivity index (χ2n) is 6.79. The molecule has 2 unspecified atom stereocenters. The molecule has 0 aromatic rings. The highest BCUT2D eigenvalue weighted by molar-refractivity contribution is 4.87. The van der Waals surface area contributed by atoms with Gasteiger partial charge in [0.15, 0.2) is 0 Å². The Morgan fingerprint density at radius 1 is 1.22 bits per heavy atom. The molecule has 1 aliphatic heterocycles. The highest BCUT2D eigenvalue weighted by Gasteiger charge is 2.29. The molecular weight excluding hydrogens is 220 g/mol. The van der Waals surface area contributed by atoms with Crippen LogP contribution in [-0.2, 0) is 0 Å². The molecule has 0 amide bonds. The summed E-state index contributed by atoms with van der Waals surface area (Å²) in [5.41, 5.74) is 0. The van der Waals surface area contributed by atoms with E-state index in [9.17, 15) is 0 Å². The fourth-order valence-electron chi connectivity index (χ4n) is 3.35. The highest BCUT2D eigenvalue weighted by atomic mass is 15.2. The van der Waals surface area contributed by atoms with Crippen LogP contribution in [0.25, 0.3) is 0 Å². The van der Waals surface area contributed by atoms with Gasteiger partial charge in [-0.3, -0.25) is 4.90 Å². The Kier molecular flexibility index (Phi) is 5.50. The minimum atomic E-state index is 0.742. The smallest absolute Gasteiger partial charge is 0.0244 e. The lowest BCUT2D eigenvalue weighted by Crippen LogP contribution is -2.58. The van der Waals surface area contributed by atoms with Gasteiger partial charge in [0.1, 0.15) is 0 Å². The first-order chi connectivity index (χ1) is 8.70. The van der Waals surface area contributed by atoms with E-state index in [4.69, 9.17) is 0 Å². The number of piperazine rings is 1. The van der Waals surface area contributed by atoms with Crippen LogP contribution in [0.15, 0.2) is 0 Å². The first-order valence-electron chi connectivity index (χ1n) is 8.18. The summed E-state index contributed by atoms with van der Waals surface area (Å²) in [5.74, 6) is 1.87. The van der Waals surface area contributed by atoms with Crippen molar-refractivity contribution in [3.05, 3.63) is 0 Å². The normalized spacial score (nSPS) is 30.0. The zero-order valence-electron chi connectivity index (χ0n) is 12.6. The summed E-state index contributed by atoms with van der Waals surface area (Å²) >= 11 is 0. The zero-order chi connectivity index (χ0) is 13.0. The standard InChI is InChI=1S/C16H32N2/c1-4-6-15-12-18(10-5-7-14-8-9-14)16(11-17-15)13(2)3/h13-17H,4-12H2,1-3H3. The van der Waals surface area contributed by atoms with Crippen LogP contribution in [0.5, 0.6) is 0 Å². The molecular formula is C16H32N2. The summed E-state index contributed by atoms with van der Waals surface area (Å²) < 4.78 is 0. The average molecular weight is 252 g/mol. The van der Waals surface area contributed by atoms with Crippen LogP contribution < -0.4 is 5.32 Å². The Hall–Kier alpha value is -0.0800. The van der Waals surface area contributed by atoms with Gasteiger partial charge >= 0.3 is 0 Å². The van der Waals surface area contributed by atoms with Crippen LogP contribution in [0.4, 0.5) is 0 Å². The van der Waals surface area contributed by atoms with Crippen molar-refractivity contribution in [2.45, 2.75) is 71.4 Å². The van der Waals surface area contributed by atoms with Crippen LogP contribution in [0.3, 0.4) is 0 Å². The second-order valence-corrected chi connectivity index (χ2v) is 6.79. The van der Waals surface area contributed by atoms with Crippen molar-refractivity contribution in [3.63, 3.8) is 0 Å². The molecule has 2 heteroatoms. The molecule has 0 spiro atoms. The lowest BCUT2D eigenvalue weighted by atomic mass is 9.96. The molecule has 2 nitrogen and oxygen atoms in total. The molecule has 2 fully saturated rings. The third kappa shape index (κ3) is 4.24. The Balaban J connectivity index is 1.78. The molecule has 1 aliphatic carbocycles. The van der Waals surface area contributed by atoms with Crippen molar-refractivity contribution in [2.24, 2.45) is 11.8 Å². The number of rotatable bonds is 7. The molecule has 0 bridgehead atoms. The number of hydrogen-bond acceptors (Lipinski definition) is 2. The van der Waals surface area contributed by atoms with E-state index in [1.54, 1.807) is 0 Å². The van der Waals surface area contributed by atoms with Gasteiger partial charge in [0.2, 0.25) is 0 Å². The fourth-order valence-corrected chi connectivity index (χ4v) is 3.35. The zero-order valence-corrected chi connectivity index (χ0v) is 12.6. The van der Waals surface area contributed by atoms with E-state index < -0.39 is 0 Å². The molecule has 0 aromatic heterocycles. The minimum absolute atomic E-state index is 0.742. The first-order valence-corrected chi connectivity index (χ1v) is 8.18. The molecule has 2 atom stereocenters. The van der Waals surface area contributed by atoms with Crippen LogP contribution >= 0.6 is 0 Å². The quantitative estimate of drug-likeness (QED) is 0.748. The molecule has 1 heterocycles. The van der Waals surface area contributed by atoms with E-state index >= 15 is 0 Å². The molecule has 2 aliphatic rings. The minimum Gasteiger partial charge on any atom is -0.311 e. The molecule has 1 saturated heterocycles. The van der Waals surface area contributed by atoms with Crippen LogP contribution in [0, 0.1) is 11.8 Å². The lowest BCUT2D eigenvalue weighted by molar-refractivity contribution is 0.0934. The Bertz CT molecular complexity index is 235. The van der Waals surface area contributed by atoms with Gasteiger partial charge in [0.05, 0.1) is 0 Å². The van der Waals surface area contributed by atoms with Crippen molar-refractivity contribution in [3.8, 4) is 0 Å². The van der Waals surface area contributed by atoms with E-state index in [2.05, 4.69) is 31.0 Å². The monoisotopic (exact) mass is 252 g/mol. The van der Waals surface area contributed by atoms with Crippen LogP contribution in [0.2, 0.25) is 0 Å². The summed E-state index contributed by atoms with van der Waals surface area (Å²) in [4.78, 5) is 2.78. The van der Waals surface area contributed by atoms with E-state index in [1.165, 1.54) is 58.2 Å². The van der Waals surface area contributed by atoms with Crippen molar-refractivity contribution < 1.29 is 0 Å². The highest BCUT2D eigenvalue weighted by Crippen LogP contribution is 2.33. The van der Waals surface area contributed by atoms with E-state index in [1.807, 2.05) is 0 Å². The predicted molar refractivity (Wildman–Crippen MR) is 78.9 cm³/mol. The maximum Gasteiger partial charge on any atom is 0.0244 e. The van der Waals surface area contributed by atoms with Gasteiger partial charge in [0, 0.05) is 25.2 Å². The lowest BCUT2D eigenvalue weighted by Gasteiger charge is -2.42. The fraction of sp³-hybridized carbons (Fsp3) is 1.00. The second kappa shape index (κ2) is 6.91. The van der Waals surface area contributed by atoms with Crippen molar-refractivity contribution in [1.82, 2.24) is 10.2 Å². The summed E-state index contributed by atoms with van der Waals surface area (Å²) in [7, 11) is 0. The third-order valence-corrected chi connectivity index (χ3v) is 4.70. The number of nitrogens with zero attached hydrogens (tertiary/aromatic N) is 1. The molecule has 1 saturated carbocycles. The van der Waals surface area contributed by atoms with E-state index in [0.717, 1.165) is 23.9 Å². The topological polar surface area (TPSA) is 15.3 Å². The van der Waals surface area contributed by atoms with Crippen molar-refractivity contribution in [1.29, 1.82) is 0 Å². The molecule has 106 valence electrons. The van der Waals surface area contributed by atoms with Gasteiger partial charge < -0.3 is 5.32 Å². The van der Waals surface area contributed by atoms with Gasteiger partial charge in [-0.2, -0.15) is 0 Å². The summed E-state index contributed by atoms with van der Waals surface area (Å²) in [6.07, 6.45) is 8.56. The largest absolute Gasteiger partial charge is 0.311 e. The van der Waals surface area contributed by atoms with Crippen molar-refractivity contribution >= 4 is 0 Å². The van der Waals surface area contributed by atoms with Gasteiger partial charge in [-0.1, -0.05) is 40.0 Å². The maximum atomic E-state index is 3.75. The Morgan fingerprint density at radius 3 is 2.61 bits per heavy atom. The van der Waals surface area contributed by atoms with Crippen LogP contribution in [0.1, 0.15) is 59.3 Å². The Morgan fingerprint density at radius 2 is 2.00 bits per heavy atom. The summed E-state index contributed by atoms with van der Waals surface area (Å²) in [6, 6.07) is 1.50. The SMILES string of the molecule is CCCC1CN(CCCC2CC2)C(C(C)C)CN1. The number of nitrogens with one attached hydrogen (secondary N) is 1. The Labute approximate surface area is 114 Å². The van der Waals surface area contributed by atoms with Gasteiger partial charge in [0.25, 0.3) is 0 Å². The van der Waals surface area contributed by atoms with Gasteiger partial charge in [-0.05, 0) is 37.6 Å². The summed E-state index contributed by atoms with van der Waals surface area (Å²) in [6.45, 7) is 10.9. The first kappa shape index (κ1) is 14.3. The molecule has 0 radical (unpaired) electrons.